The van der Waals surface area contributed by atoms with Crippen molar-refractivity contribution in [2.75, 3.05) is 0 Å². The van der Waals surface area contributed by atoms with E-state index in [0.29, 0.717) is 6.42 Å². The third-order valence-corrected chi connectivity index (χ3v) is 1.95. The van der Waals surface area contributed by atoms with Crippen molar-refractivity contribution in [3.8, 4) is 0 Å². The Balaban J connectivity index is 2.66. The molecular formula is C9H13N3O3. The zero-order valence-electron chi connectivity index (χ0n) is 8.57. The van der Waals surface area contributed by atoms with Crippen molar-refractivity contribution in [3.63, 3.8) is 0 Å². The number of rotatable bonds is 4. The SMILES string of the molecule is CC[C@@H](NC(=O)c1cc(C)[nH]n1)C(=O)O. The largest absolute Gasteiger partial charge is 0.480 e. The molecule has 0 radical (unpaired) electrons. The number of aromatic nitrogens is 2. The molecule has 0 unspecified atom stereocenters. The molecule has 1 aromatic heterocycles. The highest BCUT2D eigenvalue weighted by atomic mass is 16.4. The average Bonchev–Trinajstić information content (AvgIpc) is 2.60. The van der Waals surface area contributed by atoms with Gasteiger partial charge in [0.25, 0.3) is 5.91 Å². The standard InChI is InChI=1S/C9H13N3O3/c1-3-6(9(14)15)10-8(13)7-4-5(2)11-12-7/h4,6H,3H2,1-2H3,(H,10,13)(H,11,12)(H,14,15)/t6-/m1/s1. The molecule has 1 heterocycles. The maximum absolute atomic E-state index is 11.5. The van der Waals surface area contributed by atoms with Crippen molar-refractivity contribution in [2.24, 2.45) is 0 Å². The van der Waals surface area contributed by atoms with Crippen LogP contribution in [0.25, 0.3) is 0 Å². The van der Waals surface area contributed by atoms with Gasteiger partial charge >= 0.3 is 5.97 Å². The molecule has 15 heavy (non-hydrogen) atoms. The van der Waals surface area contributed by atoms with E-state index < -0.39 is 17.9 Å². The molecule has 1 amide bonds. The van der Waals surface area contributed by atoms with Gasteiger partial charge in [-0.1, -0.05) is 6.92 Å². The van der Waals surface area contributed by atoms with Crippen molar-refractivity contribution in [1.82, 2.24) is 15.5 Å². The van der Waals surface area contributed by atoms with E-state index >= 15 is 0 Å². The summed E-state index contributed by atoms with van der Waals surface area (Å²) in [6, 6.07) is 0.693. The summed E-state index contributed by atoms with van der Waals surface area (Å²) in [6.45, 7) is 3.45. The van der Waals surface area contributed by atoms with Crippen molar-refractivity contribution < 1.29 is 14.7 Å². The lowest BCUT2D eigenvalue weighted by Crippen LogP contribution is -2.40. The molecular weight excluding hydrogens is 198 g/mol. The molecule has 6 nitrogen and oxygen atoms in total. The number of H-pyrrole nitrogens is 1. The fraction of sp³-hybridized carbons (Fsp3) is 0.444. The van der Waals surface area contributed by atoms with E-state index in [1.165, 1.54) is 0 Å². The van der Waals surface area contributed by atoms with Gasteiger partial charge in [-0.3, -0.25) is 9.89 Å². The Hall–Kier alpha value is -1.85. The number of carboxylic acids is 1. The number of hydrogen-bond acceptors (Lipinski definition) is 3. The minimum atomic E-state index is -1.04. The number of aryl methyl sites for hydroxylation is 1. The van der Waals surface area contributed by atoms with Gasteiger partial charge in [-0.2, -0.15) is 5.10 Å². The Morgan fingerprint density at radius 3 is 2.73 bits per heavy atom. The van der Waals surface area contributed by atoms with Crippen LogP contribution in [0.4, 0.5) is 0 Å². The highest BCUT2D eigenvalue weighted by Crippen LogP contribution is 1.99. The maximum atomic E-state index is 11.5. The highest BCUT2D eigenvalue weighted by molar-refractivity contribution is 5.94. The van der Waals surface area contributed by atoms with Crippen LogP contribution in [0.15, 0.2) is 6.07 Å². The molecule has 0 spiro atoms. The first-order valence-electron chi connectivity index (χ1n) is 4.60. The van der Waals surface area contributed by atoms with Gasteiger partial charge in [0.1, 0.15) is 11.7 Å². The zero-order valence-corrected chi connectivity index (χ0v) is 8.57. The average molecular weight is 211 g/mol. The molecule has 3 N–H and O–H groups in total. The second kappa shape index (κ2) is 4.59. The van der Waals surface area contributed by atoms with E-state index in [-0.39, 0.29) is 5.69 Å². The minimum Gasteiger partial charge on any atom is -0.480 e. The number of aliphatic carboxylic acids is 1. The van der Waals surface area contributed by atoms with Crippen molar-refractivity contribution in [3.05, 3.63) is 17.5 Å². The Morgan fingerprint density at radius 2 is 2.33 bits per heavy atom. The van der Waals surface area contributed by atoms with Gasteiger partial charge < -0.3 is 10.4 Å². The predicted octanol–water partition coefficient (Wildman–Crippen LogP) is 0.311. The minimum absolute atomic E-state index is 0.201. The number of nitrogens with zero attached hydrogens (tertiary/aromatic N) is 1. The van der Waals surface area contributed by atoms with Gasteiger partial charge in [-0.25, -0.2) is 4.79 Å². The van der Waals surface area contributed by atoms with Gasteiger partial charge in [-0.05, 0) is 19.4 Å². The Labute approximate surface area is 86.7 Å². The van der Waals surface area contributed by atoms with E-state index in [1.54, 1.807) is 19.9 Å². The smallest absolute Gasteiger partial charge is 0.326 e. The zero-order chi connectivity index (χ0) is 11.4. The number of carbonyl (C=O) groups excluding carboxylic acids is 1. The Bertz CT molecular complexity index is 372. The molecule has 0 saturated heterocycles. The summed E-state index contributed by atoms with van der Waals surface area (Å²) in [5, 5.41) is 17.5. The van der Waals surface area contributed by atoms with Gasteiger partial charge in [0.15, 0.2) is 0 Å². The second-order valence-corrected chi connectivity index (χ2v) is 3.21. The summed E-state index contributed by atoms with van der Waals surface area (Å²) in [7, 11) is 0. The molecule has 1 atom stereocenters. The second-order valence-electron chi connectivity index (χ2n) is 3.21. The molecule has 0 bridgehead atoms. The van der Waals surface area contributed by atoms with E-state index in [4.69, 9.17) is 5.11 Å². The van der Waals surface area contributed by atoms with Crippen LogP contribution >= 0.6 is 0 Å². The van der Waals surface area contributed by atoms with Crippen LogP contribution in [0.5, 0.6) is 0 Å². The molecule has 0 aliphatic rings. The number of amides is 1. The van der Waals surface area contributed by atoms with Crippen molar-refractivity contribution in [2.45, 2.75) is 26.3 Å². The molecule has 0 fully saturated rings. The molecule has 1 rings (SSSR count). The number of carbonyl (C=O) groups is 2. The fourth-order valence-electron chi connectivity index (χ4n) is 1.10. The third kappa shape index (κ3) is 2.80. The van der Waals surface area contributed by atoms with E-state index in [9.17, 15) is 9.59 Å². The first-order chi connectivity index (χ1) is 7.04. The quantitative estimate of drug-likeness (QED) is 0.668. The first-order valence-corrected chi connectivity index (χ1v) is 4.60. The van der Waals surface area contributed by atoms with Gasteiger partial charge in [0, 0.05) is 5.69 Å². The number of nitrogens with one attached hydrogen (secondary N) is 2. The molecule has 0 aliphatic heterocycles. The summed E-state index contributed by atoms with van der Waals surface area (Å²) in [5.74, 6) is -1.52. The molecule has 0 aromatic carbocycles. The lowest BCUT2D eigenvalue weighted by atomic mass is 10.2. The Kier molecular flexibility index (Phi) is 3.43. The van der Waals surface area contributed by atoms with Crippen LogP contribution in [0.2, 0.25) is 0 Å². The van der Waals surface area contributed by atoms with Crippen LogP contribution < -0.4 is 5.32 Å². The van der Waals surface area contributed by atoms with Crippen molar-refractivity contribution >= 4 is 11.9 Å². The summed E-state index contributed by atoms with van der Waals surface area (Å²) < 4.78 is 0. The van der Waals surface area contributed by atoms with E-state index in [1.807, 2.05) is 0 Å². The molecule has 0 aliphatic carbocycles. The maximum Gasteiger partial charge on any atom is 0.326 e. The van der Waals surface area contributed by atoms with Gasteiger partial charge in [0.2, 0.25) is 0 Å². The van der Waals surface area contributed by atoms with Crippen LogP contribution in [-0.2, 0) is 4.79 Å². The van der Waals surface area contributed by atoms with Crippen LogP contribution in [0, 0.1) is 6.92 Å². The van der Waals surface area contributed by atoms with Crippen LogP contribution in [0.3, 0.4) is 0 Å². The summed E-state index contributed by atoms with van der Waals surface area (Å²) in [6.07, 6.45) is 0.338. The summed E-state index contributed by atoms with van der Waals surface area (Å²) >= 11 is 0. The summed E-state index contributed by atoms with van der Waals surface area (Å²) in [5.41, 5.74) is 0.954. The van der Waals surface area contributed by atoms with E-state index in [2.05, 4.69) is 15.5 Å². The van der Waals surface area contributed by atoms with Gasteiger partial charge in [0.05, 0.1) is 0 Å². The van der Waals surface area contributed by atoms with Crippen molar-refractivity contribution in [1.29, 1.82) is 0 Å². The topological polar surface area (TPSA) is 95.1 Å². The fourth-order valence-corrected chi connectivity index (χ4v) is 1.10. The third-order valence-electron chi connectivity index (χ3n) is 1.95. The predicted molar refractivity (Wildman–Crippen MR) is 52.5 cm³/mol. The molecule has 82 valence electrons. The normalized spacial score (nSPS) is 12.1. The molecule has 1 aromatic rings. The Morgan fingerprint density at radius 1 is 1.67 bits per heavy atom. The lowest BCUT2D eigenvalue weighted by molar-refractivity contribution is -0.139. The number of aromatic amines is 1. The monoisotopic (exact) mass is 211 g/mol. The van der Waals surface area contributed by atoms with E-state index in [0.717, 1.165) is 5.69 Å². The molecule has 6 heteroatoms. The molecule has 0 saturated carbocycles. The lowest BCUT2D eigenvalue weighted by Gasteiger charge is -2.10. The number of hydrogen-bond donors (Lipinski definition) is 3. The summed E-state index contributed by atoms with van der Waals surface area (Å²) in [4.78, 5) is 22.1. The first kappa shape index (κ1) is 11.2. The number of carboxylic acid groups (broad SMARTS) is 1. The highest BCUT2D eigenvalue weighted by Gasteiger charge is 2.19. The van der Waals surface area contributed by atoms with Crippen LogP contribution in [-0.4, -0.2) is 33.2 Å². The van der Waals surface area contributed by atoms with Crippen LogP contribution in [0.1, 0.15) is 29.5 Å². The van der Waals surface area contributed by atoms with Gasteiger partial charge in [-0.15, -0.1) is 0 Å².